The van der Waals surface area contributed by atoms with E-state index in [9.17, 15) is 18.0 Å². The first-order chi connectivity index (χ1) is 17.7. The predicted molar refractivity (Wildman–Crippen MR) is 139 cm³/mol. The van der Waals surface area contributed by atoms with Gasteiger partial charge in [-0.25, -0.2) is 4.98 Å². The first-order valence-corrected chi connectivity index (χ1v) is 15.8. The van der Waals surface area contributed by atoms with Gasteiger partial charge in [-0.2, -0.15) is 13.2 Å². The first-order valence-electron chi connectivity index (χ1n) is 12.1. The summed E-state index contributed by atoms with van der Waals surface area (Å²) in [6, 6.07) is 11.0. The number of carbonyl (C=O) groups is 1. The molecule has 0 aliphatic rings. The molecular weight excluding hydrogens is 517 g/mol. The minimum Gasteiger partial charge on any atom is -0.492 e. The van der Waals surface area contributed by atoms with Crippen molar-refractivity contribution in [1.82, 2.24) is 20.2 Å². The number of nitrogens with one attached hydrogen (secondary N) is 1. The highest BCUT2D eigenvalue weighted by atomic mass is 28.3. The number of esters is 1. The Morgan fingerprint density at radius 1 is 1.03 bits per heavy atom. The maximum atomic E-state index is 13.6. The van der Waals surface area contributed by atoms with Crippen LogP contribution < -0.4 is 4.74 Å². The number of ether oxygens (including phenoxy) is 3. The van der Waals surface area contributed by atoms with Crippen LogP contribution in [0.3, 0.4) is 0 Å². The van der Waals surface area contributed by atoms with Gasteiger partial charge in [0.15, 0.2) is 11.9 Å². The van der Waals surface area contributed by atoms with Gasteiger partial charge in [0.05, 0.1) is 30.1 Å². The van der Waals surface area contributed by atoms with Crippen molar-refractivity contribution in [1.29, 1.82) is 0 Å². The average Bonchev–Trinajstić information content (AvgIpc) is 3.33. The van der Waals surface area contributed by atoms with Crippen LogP contribution in [-0.4, -0.2) is 60.7 Å². The zero-order chi connectivity index (χ0) is 28.1. The standard InChI is InChI=1S/C26H33F3N4O4Si/c1-25(2,24(34)35-3)16-37-18-9-7-17(8-10-18)19-11-12-20(33-32-19)23-30-15-21(31-23)22(26(27,28)29)36-13-14-38(4,5)6/h7-12,15,22H,13-14,16H2,1-6H3,(H,30,31). The summed E-state index contributed by atoms with van der Waals surface area (Å²) >= 11 is 0. The second-order valence-corrected chi connectivity index (χ2v) is 16.4. The Morgan fingerprint density at radius 3 is 2.21 bits per heavy atom. The summed E-state index contributed by atoms with van der Waals surface area (Å²) in [5.41, 5.74) is 0.648. The van der Waals surface area contributed by atoms with Crippen molar-refractivity contribution >= 4 is 14.0 Å². The Labute approximate surface area is 221 Å². The predicted octanol–water partition coefficient (Wildman–Crippen LogP) is 6.07. The summed E-state index contributed by atoms with van der Waals surface area (Å²) in [7, 11) is -0.213. The third-order valence-corrected chi connectivity index (χ3v) is 7.41. The summed E-state index contributed by atoms with van der Waals surface area (Å²) in [4.78, 5) is 18.6. The number of methoxy groups -OCH3 is 1. The Kier molecular flexibility index (Phi) is 8.98. The third kappa shape index (κ3) is 7.87. The number of hydrogen-bond donors (Lipinski definition) is 1. The number of nitrogens with zero attached hydrogens (tertiary/aromatic N) is 3. The molecule has 1 aromatic carbocycles. The number of H-pyrrole nitrogens is 1. The molecule has 0 radical (unpaired) electrons. The maximum Gasteiger partial charge on any atom is 0.420 e. The van der Waals surface area contributed by atoms with Gasteiger partial charge in [-0.05, 0) is 56.3 Å². The smallest absolute Gasteiger partial charge is 0.420 e. The molecule has 2 heterocycles. The maximum absolute atomic E-state index is 13.6. The SMILES string of the molecule is COC(=O)C(C)(C)COc1ccc(-c2ccc(-c3ncc(C(OCC[Si](C)(C)C)C(F)(F)F)[nH]3)nn2)cc1. The molecule has 1 N–H and O–H groups in total. The zero-order valence-electron chi connectivity index (χ0n) is 22.3. The van der Waals surface area contributed by atoms with E-state index in [1.54, 1.807) is 50.2 Å². The quantitative estimate of drug-likeness (QED) is 0.229. The molecule has 8 nitrogen and oxygen atoms in total. The van der Waals surface area contributed by atoms with Crippen LogP contribution in [0.25, 0.3) is 22.8 Å². The number of imidazole rings is 1. The number of hydrogen-bond acceptors (Lipinski definition) is 7. The lowest BCUT2D eigenvalue weighted by Crippen LogP contribution is -2.32. The molecule has 0 aliphatic carbocycles. The van der Waals surface area contributed by atoms with E-state index >= 15 is 0 Å². The van der Waals surface area contributed by atoms with Gasteiger partial charge >= 0.3 is 12.1 Å². The number of halogens is 3. The highest BCUT2D eigenvalue weighted by Gasteiger charge is 2.43. The van der Waals surface area contributed by atoms with Crippen LogP contribution in [0.4, 0.5) is 13.2 Å². The molecule has 38 heavy (non-hydrogen) atoms. The highest BCUT2D eigenvalue weighted by molar-refractivity contribution is 6.76. The Bertz CT molecular complexity index is 1210. The van der Waals surface area contributed by atoms with E-state index in [0.29, 0.717) is 23.2 Å². The summed E-state index contributed by atoms with van der Waals surface area (Å²) in [5, 5.41) is 8.32. The summed E-state index contributed by atoms with van der Waals surface area (Å²) in [6.45, 7) is 9.87. The van der Waals surface area contributed by atoms with Crippen molar-refractivity contribution in [3.8, 4) is 28.5 Å². The molecule has 206 valence electrons. The van der Waals surface area contributed by atoms with E-state index in [0.717, 1.165) is 11.8 Å². The largest absolute Gasteiger partial charge is 0.492 e. The van der Waals surface area contributed by atoms with Crippen LogP contribution in [0.2, 0.25) is 25.7 Å². The van der Waals surface area contributed by atoms with Crippen LogP contribution in [0.15, 0.2) is 42.6 Å². The third-order valence-electron chi connectivity index (χ3n) is 5.71. The van der Waals surface area contributed by atoms with Crippen LogP contribution in [0.5, 0.6) is 5.75 Å². The van der Waals surface area contributed by atoms with Gasteiger partial charge in [-0.3, -0.25) is 4.79 Å². The number of alkyl halides is 3. The van der Waals surface area contributed by atoms with Gasteiger partial charge in [0, 0.05) is 20.2 Å². The van der Waals surface area contributed by atoms with Crippen molar-refractivity contribution < 1.29 is 32.2 Å². The van der Waals surface area contributed by atoms with Crippen LogP contribution in [-0.2, 0) is 14.3 Å². The molecule has 3 aromatic rings. The summed E-state index contributed by atoms with van der Waals surface area (Å²) in [5.74, 6) is 0.375. The molecule has 1 atom stereocenters. The lowest BCUT2D eigenvalue weighted by atomic mass is 9.95. The molecule has 0 fully saturated rings. The number of aromatic nitrogens is 4. The van der Waals surface area contributed by atoms with Crippen LogP contribution in [0, 0.1) is 5.41 Å². The molecule has 0 saturated heterocycles. The topological polar surface area (TPSA) is 99.2 Å². The normalized spacial score (nSPS) is 13.3. The fourth-order valence-corrected chi connectivity index (χ4v) is 4.11. The van der Waals surface area contributed by atoms with Crippen LogP contribution in [0.1, 0.15) is 25.6 Å². The summed E-state index contributed by atoms with van der Waals surface area (Å²) < 4.78 is 56.7. The molecule has 0 bridgehead atoms. The zero-order valence-corrected chi connectivity index (χ0v) is 23.3. The molecule has 0 saturated carbocycles. The van der Waals surface area contributed by atoms with Crippen molar-refractivity contribution in [3.63, 3.8) is 0 Å². The monoisotopic (exact) mass is 550 g/mol. The van der Waals surface area contributed by atoms with E-state index in [4.69, 9.17) is 14.2 Å². The fourth-order valence-electron chi connectivity index (χ4n) is 3.38. The average molecular weight is 551 g/mol. The van der Waals surface area contributed by atoms with E-state index < -0.39 is 25.8 Å². The van der Waals surface area contributed by atoms with Crippen molar-refractivity contribution in [2.24, 2.45) is 5.41 Å². The van der Waals surface area contributed by atoms with Crippen molar-refractivity contribution in [2.75, 3.05) is 20.3 Å². The Morgan fingerprint density at radius 2 is 1.66 bits per heavy atom. The lowest BCUT2D eigenvalue weighted by Gasteiger charge is -2.22. The molecule has 0 spiro atoms. The number of carbonyl (C=O) groups excluding carboxylic acids is 1. The molecule has 12 heteroatoms. The Balaban J connectivity index is 1.68. The number of aromatic amines is 1. The van der Waals surface area contributed by atoms with E-state index in [2.05, 4.69) is 39.8 Å². The second kappa shape index (κ2) is 11.6. The fraction of sp³-hybridized carbons (Fsp3) is 0.462. The summed E-state index contributed by atoms with van der Waals surface area (Å²) in [6.07, 6.45) is -5.55. The number of benzene rings is 1. The first kappa shape index (κ1) is 29.3. The van der Waals surface area contributed by atoms with E-state index in [1.165, 1.54) is 7.11 Å². The van der Waals surface area contributed by atoms with Gasteiger partial charge in [0.1, 0.15) is 18.1 Å². The van der Waals surface area contributed by atoms with E-state index in [-0.39, 0.29) is 30.7 Å². The van der Waals surface area contributed by atoms with Gasteiger partial charge in [0.2, 0.25) is 0 Å². The number of rotatable bonds is 11. The molecule has 3 rings (SSSR count). The second-order valence-electron chi connectivity index (χ2n) is 10.8. The van der Waals surface area contributed by atoms with Crippen LogP contribution >= 0.6 is 0 Å². The molecular formula is C26H33F3N4O4Si. The van der Waals surface area contributed by atoms with Gasteiger partial charge in [-0.1, -0.05) is 19.6 Å². The lowest BCUT2D eigenvalue weighted by molar-refractivity contribution is -0.223. The molecule has 0 aliphatic heterocycles. The van der Waals surface area contributed by atoms with Gasteiger partial charge in [0.25, 0.3) is 0 Å². The molecule has 0 amide bonds. The molecule has 2 aromatic heterocycles. The van der Waals surface area contributed by atoms with Crippen molar-refractivity contribution in [3.05, 3.63) is 48.3 Å². The Hall–Kier alpha value is -3.25. The van der Waals surface area contributed by atoms with Gasteiger partial charge in [-0.15, -0.1) is 10.2 Å². The highest BCUT2D eigenvalue weighted by Crippen LogP contribution is 2.36. The minimum absolute atomic E-state index is 0.0234. The minimum atomic E-state index is -4.58. The van der Waals surface area contributed by atoms with Gasteiger partial charge < -0.3 is 19.2 Å². The molecule has 1 unspecified atom stereocenters. The van der Waals surface area contributed by atoms with E-state index in [1.807, 2.05) is 0 Å². The van der Waals surface area contributed by atoms with Crippen molar-refractivity contribution in [2.45, 2.75) is 51.8 Å².